The van der Waals surface area contributed by atoms with Crippen LogP contribution in [0.4, 0.5) is 13.2 Å². The monoisotopic (exact) mass is 368 g/mol. The molecular weight excluding hydrogens is 349 g/mol. The number of amides is 1. The van der Waals surface area contributed by atoms with Crippen LogP contribution in [0.5, 0.6) is 0 Å². The fourth-order valence-electron chi connectivity index (χ4n) is 2.99. The van der Waals surface area contributed by atoms with Gasteiger partial charge in [0.1, 0.15) is 0 Å². The van der Waals surface area contributed by atoms with E-state index in [1.807, 2.05) is 0 Å². The number of methoxy groups -OCH3 is 1. The van der Waals surface area contributed by atoms with E-state index in [0.717, 1.165) is 25.1 Å². The SMILES string of the molecule is COC1CCN(C(=O)c2cnn(-c3ccc(C(F)(F)F)cn3)c2C)CC1. The lowest BCUT2D eigenvalue weighted by Crippen LogP contribution is -2.40. The Morgan fingerprint density at radius 3 is 2.46 bits per heavy atom. The number of hydrogen-bond donors (Lipinski definition) is 0. The van der Waals surface area contributed by atoms with Gasteiger partial charge >= 0.3 is 6.18 Å². The Labute approximate surface area is 148 Å². The van der Waals surface area contributed by atoms with Gasteiger partial charge in [0.2, 0.25) is 0 Å². The number of piperidine rings is 1. The Kier molecular flexibility index (Phi) is 4.99. The van der Waals surface area contributed by atoms with Crippen molar-refractivity contribution in [1.29, 1.82) is 0 Å². The van der Waals surface area contributed by atoms with Crippen molar-refractivity contribution in [3.05, 3.63) is 41.3 Å². The Balaban J connectivity index is 1.79. The molecule has 9 heteroatoms. The molecule has 6 nitrogen and oxygen atoms in total. The maximum atomic E-state index is 12.7. The Morgan fingerprint density at radius 1 is 1.23 bits per heavy atom. The lowest BCUT2D eigenvalue weighted by molar-refractivity contribution is -0.137. The molecule has 2 aromatic heterocycles. The summed E-state index contributed by atoms with van der Waals surface area (Å²) < 4.78 is 44.6. The highest BCUT2D eigenvalue weighted by atomic mass is 19.4. The third-order valence-electron chi connectivity index (χ3n) is 4.59. The van der Waals surface area contributed by atoms with Gasteiger partial charge in [0.15, 0.2) is 5.82 Å². The zero-order valence-electron chi connectivity index (χ0n) is 14.5. The summed E-state index contributed by atoms with van der Waals surface area (Å²) in [4.78, 5) is 18.3. The Morgan fingerprint density at radius 2 is 1.92 bits per heavy atom. The van der Waals surface area contributed by atoms with Crippen LogP contribution in [0, 0.1) is 6.92 Å². The van der Waals surface area contributed by atoms with Gasteiger partial charge in [-0.15, -0.1) is 0 Å². The van der Waals surface area contributed by atoms with Crippen molar-refractivity contribution in [3.63, 3.8) is 0 Å². The summed E-state index contributed by atoms with van der Waals surface area (Å²) in [5.74, 6) is 0.0860. The topological polar surface area (TPSA) is 60.2 Å². The first kappa shape index (κ1) is 18.4. The maximum absolute atomic E-state index is 12.7. The van der Waals surface area contributed by atoms with Crippen molar-refractivity contribution >= 4 is 5.91 Å². The second kappa shape index (κ2) is 7.06. The summed E-state index contributed by atoms with van der Waals surface area (Å²) in [6.45, 7) is 2.89. The highest BCUT2D eigenvalue weighted by Crippen LogP contribution is 2.29. The second-order valence-electron chi connectivity index (χ2n) is 6.19. The van der Waals surface area contributed by atoms with E-state index < -0.39 is 11.7 Å². The summed E-state index contributed by atoms with van der Waals surface area (Å²) in [6, 6.07) is 2.18. The molecule has 1 amide bonds. The summed E-state index contributed by atoms with van der Waals surface area (Å²) in [7, 11) is 1.66. The van der Waals surface area contributed by atoms with Gasteiger partial charge in [-0.2, -0.15) is 18.3 Å². The molecule has 3 heterocycles. The number of alkyl halides is 3. The lowest BCUT2D eigenvalue weighted by atomic mass is 10.1. The number of halogens is 3. The minimum atomic E-state index is -4.44. The molecule has 140 valence electrons. The number of pyridine rings is 1. The molecule has 1 aliphatic heterocycles. The van der Waals surface area contributed by atoms with E-state index in [1.165, 1.54) is 16.9 Å². The average molecular weight is 368 g/mol. The van der Waals surface area contributed by atoms with Gasteiger partial charge in [-0.3, -0.25) is 4.79 Å². The molecule has 26 heavy (non-hydrogen) atoms. The van der Waals surface area contributed by atoms with Crippen molar-refractivity contribution < 1.29 is 22.7 Å². The molecule has 0 atom stereocenters. The first-order chi connectivity index (χ1) is 12.3. The van der Waals surface area contributed by atoms with Gasteiger partial charge in [0.25, 0.3) is 5.91 Å². The van der Waals surface area contributed by atoms with Crippen molar-refractivity contribution in [2.24, 2.45) is 0 Å². The Hall–Kier alpha value is -2.42. The van der Waals surface area contributed by atoms with Gasteiger partial charge in [0.05, 0.1) is 29.1 Å². The molecule has 0 N–H and O–H groups in total. The number of rotatable bonds is 3. The predicted octanol–water partition coefficient (Wildman–Crippen LogP) is 2.85. The molecule has 0 saturated carbocycles. The molecule has 3 rings (SSSR count). The van der Waals surface area contributed by atoms with Crippen LogP contribution in [-0.2, 0) is 10.9 Å². The minimum Gasteiger partial charge on any atom is -0.381 e. The van der Waals surface area contributed by atoms with E-state index in [-0.39, 0.29) is 17.8 Å². The van der Waals surface area contributed by atoms with E-state index in [2.05, 4.69) is 10.1 Å². The van der Waals surface area contributed by atoms with Gasteiger partial charge in [-0.25, -0.2) is 9.67 Å². The maximum Gasteiger partial charge on any atom is 0.417 e. The molecule has 0 bridgehead atoms. The smallest absolute Gasteiger partial charge is 0.381 e. The van der Waals surface area contributed by atoms with E-state index in [4.69, 9.17) is 4.74 Å². The van der Waals surface area contributed by atoms with Crippen LogP contribution in [0.25, 0.3) is 5.82 Å². The number of likely N-dealkylation sites (tertiary alicyclic amines) is 1. The van der Waals surface area contributed by atoms with Crippen LogP contribution in [0.1, 0.15) is 34.5 Å². The fourth-order valence-corrected chi connectivity index (χ4v) is 2.99. The molecule has 0 radical (unpaired) electrons. The highest BCUT2D eigenvalue weighted by molar-refractivity contribution is 5.95. The quantitative estimate of drug-likeness (QED) is 0.836. The van der Waals surface area contributed by atoms with Crippen LogP contribution in [0.3, 0.4) is 0 Å². The van der Waals surface area contributed by atoms with Crippen molar-refractivity contribution in [2.75, 3.05) is 20.2 Å². The zero-order chi connectivity index (χ0) is 18.9. The molecule has 0 spiro atoms. The lowest BCUT2D eigenvalue weighted by Gasteiger charge is -2.31. The third kappa shape index (κ3) is 3.57. The number of aromatic nitrogens is 3. The first-order valence-electron chi connectivity index (χ1n) is 8.21. The molecular formula is C17H19F3N4O2. The molecule has 0 unspecified atom stereocenters. The molecule has 0 aliphatic carbocycles. The summed E-state index contributed by atoms with van der Waals surface area (Å²) in [5.41, 5.74) is 0.127. The van der Waals surface area contributed by atoms with Crippen LogP contribution in [-0.4, -0.2) is 51.9 Å². The minimum absolute atomic E-state index is 0.143. The number of carbonyl (C=O) groups excluding carboxylic acids is 1. The number of carbonyl (C=O) groups is 1. The fraction of sp³-hybridized carbons (Fsp3) is 0.471. The van der Waals surface area contributed by atoms with Gasteiger partial charge in [0, 0.05) is 26.4 Å². The average Bonchev–Trinajstić information content (AvgIpc) is 3.02. The zero-order valence-corrected chi connectivity index (χ0v) is 14.5. The number of hydrogen-bond acceptors (Lipinski definition) is 4. The van der Waals surface area contributed by atoms with Crippen molar-refractivity contribution in [3.8, 4) is 5.82 Å². The van der Waals surface area contributed by atoms with Crippen molar-refractivity contribution in [2.45, 2.75) is 32.0 Å². The van der Waals surface area contributed by atoms with E-state index >= 15 is 0 Å². The number of nitrogens with zero attached hydrogens (tertiary/aromatic N) is 4. The highest BCUT2D eigenvalue weighted by Gasteiger charge is 2.31. The van der Waals surface area contributed by atoms with Gasteiger partial charge < -0.3 is 9.64 Å². The molecule has 1 fully saturated rings. The van der Waals surface area contributed by atoms with Gasteiger partial charge in [-0.05, 0) is 31.9 Å². The Bertz CT molecular complexity index is 778. The first-order valence-corrected chi connectivity index (χ1v) is 8.21. The van der Waals surface area contributed by atoms with Crippen LogP contribution >= 0.6 is 0 Å². The van der Waals surface area contributed by atoms with Crippen LogP contribution in [0.2, 0.25) is 0 Å². The number of ether oxygens (including phenoxy) is 1. The molecule has 1 saturated heterocycles. The van der Waals surface area contributed by atoms with E-state index in [1.54, 1.807) is 18.9 Å². The normalized spacial score (nSPS) is 16.1. The van der Waals surface area contributed by atoms with Crippen LogP contribution < -0.4 is 0 Å². The summed E-state index contributed by atoms with van der Waals surface area (Å²) >= 11 is 0. The van der Waals surface area contributed by atoms with Gasteiger partial charge in [-0.1, -0.05) is 0 Å². The predicted molar refractivity (Wildman–Crippen MR) is 87.0 cm³/mol. The standard InChI is InChI=1S/C17H19F3N4O2/c1-11-14(16(25)23-7-5-13(26-2)6-8-23)10-22-24(11)15-4-3-12(9-21-15)17(18,19)20/h3-4,9-10,13H,5-8H2,1-2H3. The van der Waals surface area contributed by atoms with E-state index in [9.17, 15) is 18.0 Å². The largest absolute Gasteiger partial charge is 0.417 e. The molecule has 1 aliphatic rings. The van der Waals surface area contributed by atoms with Crippen molar-refractivity contribution in [1.82, 2.24) is 19.7 Å². The van der Waals surface area contributed by atoms with Crippen LogP contribution in [0.15, 0.2) is 24.5 Å². The summed E-state index contributed by atoms with van der Waals surface area (Å²) in [6.07, 6.45) is -0.544. The molecule has 0 aromatic carbocycles. The third-order valence-corrected chi connectivity index (χ3v) is 4.59. The summed E-state index contributed by atoms with van der Waals surface area (Å²) in [5, 5.41) is 4.13. The van der Waals surface area contributed by atoms with E-state index in [0.29, 0.717) is 24.3 Å². The molecule has 2 aromatic rings. The second-order valence-corrected chi connectivity index (χ2v) is 6.19.